The second-order valence-electron chi connectivity index (χ2n) is 10.0. The van der Waals surface area contributed by atoms with E-state index in [-0.39, 0.29) is 29.4 Å². The fourth-order valence-corrected chi connectivity index (χ4v) is 3.31. The van der Waals surface area contributed by atoms with Crippen LogP contribution in [0.1, 0.15) is 67.0 Å². The van der Waals surface area contributed by atoms with Crippen LogP contribution in [0.2, 0.25) is 0 Å². The van der Waals surface area contributed by atoms with Crippen molar-refractivity contribution in [1.29, 1.82) is 0 Å². The van der Waals surface area contributed by atoms with Crippen LogP contribution in [0.25, 0.3) is 0 Å². The highest BCUT2D eigenvalue weighted by Crippen LogP contribution is 2.28. The number of benzene rings is 1. The van der Waals surface area contributed by atoms with Crippen molar-refractivity contribution in [3.05, 3.63) is 40.5 Å². The second-order valence-corrected chi connectivity index (χ2v) is 10.9. The Morgan fingerprint density at radius 3 is 2.22 bits per heavy atom. The average molecular weight is 506 g/mol. The monoisotopic (exact) mass is 505 g/mol. The summed E-state index contributed by atoms with van der Waals surface area (Å²) in [6.45, 7) is 14.9. The van der Waals surface area contributed by atoms with Crippen molar-refractivity contribution >= 4 is 39.4 Å². The minimum absolute atomic E-state index is 0.0392. The fourth-order valence-electron chi connectivity index (χ4n) is 3.04. The van der Waals surface area contributed by atoms with Gasteiger partial charge >= 0.3 is 6.03 Å². The standard InChI is InChI=1S/C24H36BrN5O2/c1-8-9-14-29(22(32)26-18-12-10-17(25)11-13-18)16-21(31)27-20-15-19(23(2,3)4)28-30(20)24(5,6)7/h10-13,15H,8-9,14,16H2,1-7H3,(H,26,32)(H,27,31). The molecule has 3 amide bonds. The third-order valence-corrected chi connectivity index (χ3v) is 5.41. The molecule has 0 aliphatic heterocycles. The molecule has 0 unspecified atom stereocenters. The molecular weight excluding hydrogens is 470 g/mol. The van der Waals surface area contributed by atoms with Crippen LogP contribution >= 0.6 is 15.9 Å². The van der Waals surface area contributed by atoms with E-state index in [2.05, 4.69) is 54.3 Å². The zero-order valence-corrected chi connectivity index (χ0v) is 21.8. The molecule has 0 bridgehead atoms. The first-order valence-corrected chi connectivity index (χ1v) is 11.8. The molecule has 0 atom stereocenters. The second kappa shape index (κ2) is 10.5. The summed E-state index contributed by atoms with van der Waals surface area (Å²) in [6, 6.07) is 8.97. The molecule has 2 rings (SSSR count). The number of nitrogens with one attached hydrogen (secondary N) is 2. The van der Waals surface area contributed by atoms with Crippen LogP contribution in [0.4, 0.5) is 16.3 Å². The summed E-state index contributed by atoms with van der Waals surface area (Å²) >= 11 is 3.39. The summed E-state index contributed by atoms with van der Waals surface area (Å²) in [5.74, 6) is 0.383. The SMILES string of the molecule is CCCCN(CC(=O)Nc1cc(C(C)(C)C)nn1C(C)(C)C)C(=O)Nc1ccc(Br)cc1. The molecule has 0 saturated carbocycles. The predicted octanol–water partition coefficient (Wildman–Crippen LogP) is 5.97. The molecule has 0 radical (unpaired) electrons. The summed E-state index contributed by atoms with van der Waals surface area (Å²) in [6.07, 6.45) is 1.74. The van der Waals surface area contributed by atoms with Crippen molar-refractivity contribution in [2.24, 2.45) is 0 Å². The molecule has 0 spiro atoms. The van der Waals surface area contributed by atoms with E-state index in [1.165, 1.54) is 0 Å². The summed E-state index contributed by atoms with van der Waals surface area (Å²) in [5, 5.41) is 10.6. The number of halogens is 1. The zero-order chi connectivity index (χ0) is 24.1. The molecule has 0 aliphatic rings. The van der Waals surface area contributed by atoms with Crippen molar-refractivity contribution < 1.29 is 9.59 Å². The van der Waals surface area contributed by atoms with Gasteiger partial charge in [0.2, 0.25) is 5.91 Å². The number of anilines is 2. The summed E-state index contributed by atoms with van der Waals surface area (Å²) < 4.78 is 2.77. The summed E-state index contributed by atoms with van der Waals surface area (Å²) in [7, 11) is 0. The normalized spacial score (nSPS) is 11.9. The van der Waals surface area contributed by atoms with E-state index in [1.54, 1.807) is 4.90 Å². The molecule has 0 saturated heterocycles. The van der Waals surface area contributed by atoms with Crippen LogP contribution in [-0.4, -0.2) is 39.7 Å². The Morgan fingerprint density at radius 2 is 1.69 bits per heavy atom. The summed E-state index contributed by atoms with van der Waals surface area (Å²) in [4.78, 5) is 27.3. The Bertz CT molecular complexity index is 923. The Hall–Kier alpha value is -2.35. The lowest BCUT2D eigenvalue weighted by molar-refractivity contribution is -0.116. The lowest BCUT2D eigenvalue weighted by Crippen LogP contribution is -2.41. The van der Waals surface area contributed by atoms with Crippen LogP contribution in [0.3, 0.4) is 0 Å². The van der Waals surface area contributed by atoms with E-state index in [9.17, 15) is 9.59 Å². The van der Waals surface area contributed by atoms with Crippen molar-refractivity contribution in [3.8, 4) is 0 Å². The Balaban J connectivity index is 2.17. The van der Waals surface area contributed by atoms with Crippen molar-refractivity contribution in [2.45, 2.75) is 72.3 Å². The maximum absolute atomic E-state index is 12.9. The Kier molecular flexibility index (Phi) is 8.51. The largest absolute Gasteiger partial charge is 0.322 e. The smallest absolute Gasteiger partial charge is 0.315 e. The first-order valence-electron chi connectivity index (χ1n) is 11.0. The van der Waals surface area contributed by atoms with Gasteiger partial charge in [-0.15, -0.1) is 0 Å². The van der Waals surface area contributed by atoms with E-state index in [0.717, 1.165) is 23.0 Å². The summed E-state index contributed by atoms with van der Waals surface area (Å²) in [5.41, 5.74) is 1.14. The van der Waals surface area contributed by atoms with Gasteiger partial charge in [-0.2, -0.15) is 5.10 Å². The molecule has 2 N–H and O–H groups in total. The van der Waals surface area contributed by atoms with Gasteiger partial charge in [-0.3, -0.25) is 4.79 Å². The molecule has 1 aromatic carbocycles. The molecule has 0 aliphatic carbocycles. The third kappa shape index (κ3) is 7.36. The number of hydrogen-bond donors (Lipinski definition) is 2. The quantitative estimate of drug-likeness (QED) is 0.486. The predicted molar refractivity (Wildman–Crippen MR) is 134 cm³/mol. The molecule has 1 aromatic heterocycles. The topological polar surface area (TPSA) is 79.3 Å². The van der Waals surface area contributed by atoms with Gasteiger partial charge in [0.25, 0.3) is 0 Å². The van der Waals surface area contributed by atoms with E-state index >= 15 is 0 Å². The molecule has 0 fully saturated rings. The van der Waals surface area contributed by atoms with Gasteiger partial charge in [0.1, 0.15) is 12.4 Å². The number of aromatic nitrogens is 2. The van der Waals surface area contributed by atoms with E-state index in [1.807, 2.05) is 55.8 Å². The first kappa shape index (κ1) is 25.9. The molecular formula is C24H36BrN5O2. The lowest BCUT2D eigenvalue weighted by Gasteiger charge is -2.25. The highest BCUT2D eigenvalue weighted by Gasteiger charge is 2.26. The van der Waals surface area contributed by atoms with Gasteiger partial charge in [0.05, 0.1) is 11.2 Å². The molecule has 32 heavy (non-hydrogen) atoms. The van der Waals surface area contributed by atoms with E-state index < -0.39 is 0 Å². The van der Waals surface area contributed by atoms with Gasteiger partial charge in [-0.1, -0.05) is 50.0 Å². The first-order chi connectivity index (χ1) is 14.8. The Morgan fingerprint density at radius 1 is 1.06 bits per heavy atom. The molecule has 7 nitrogen and oxygen atoms in total. The number of nitrogens with zero attached hydrogens (tertiary/aromatic N) is 3. The van der Waals surface area contributed by atoms with Crippen molar-refractivity contribution in [2.75, 3.05) is 23.7 Å². The van der Waals surface area contributed by atoms with Crippen LogP contribution in [-0.2, 0) is 15.7 Å². The third-order valence-electron chi connectivity index (χ3n) is 4.88. The maximum Gasteiger partial charge on any atom is 0.322 e. The molecule has 2 aromatic rings. The average Bonchev–Trinajstić information content (AvgIpc) is 3.11. The highest BCUT2D eigenvalue weighted by atomic mass is 79.9. The molecule has 176 valence electrons. The van der Waals surface area contributed by atoms with Gasteiger partial charge in [0.15, 0.2) is 0 Å². The highest BCUT2D eigenvalue weighted by molar-refractivity contribution is 9.10. The Labute approximate surface area is 200 Å². The maximum atomic E-state index is 12.9. The van der Waals surface area contributed by atoms with Gasteiger partial charge < -0.3 is 15.5 Å². The molecule has 1 heterocycles. The number of hydrogen-bond acceptors (Lipinski definition) is 3. The number of carbonyl (C=O) groups is 2. The van der Waals surface area contributed by atoms with Gasteiger partial charge in [0, 0.05) is 28.2 Å². The number of unbranched alkanes of at least 4 members (excludes halogenated alkanes) is 1. The van der Waals surface area contributed by atoms with Crippen LogP contribution < -0.4 is 10.6 Å². The lowest BCUT2D eigenvalue weighted by atomic mass is 9.92. The molecule has 8 heteroatoms. The van der Waals surface area contributed by atoms with Crippen molar-refractivity contribution in [1.82, 2.24) is 14.7 Å². The van der Waals surface area contributed by atoms with E-state index in [4.69, 9.17) is 5.10 Å². The van der Waals surface area contributed by atoms with Gasteiger partial charge in [-0.05, 0) is 51.5 Å². The minimum atomic E-state index is -0.299. The van der Waals surface area contributed by atoms with Crippen LogP contribution in [0.5, 0.6) is 0 Å². The number of carbonyl (C=O) groups excluding carboxylic acids is 2. The van der Waals surface area contributed by atoms with E-state index in [0.29, 0.717) is 18.1 Å². The van der Waals surface area contributed by atoms with Crippen LogP contribution in [0.15, 0.2) is 34.8 Å². The number of rotatable bonds is 7. The minimum Gasteiger partial charge on any atom is -0.315 e. The zero-order valence-electron chi connectivity index (χ0n) is 20.3. The number of urea groups is 1. The van der Waals surface area contributed by atoms with Crippen LogP contribution in [0, 0.1) is 0 Å². The van der Waals surface area contributed by atoms with Crippen molar-refractivity contribution in [3.63, 3.8) is 0 Å². The van der Waals surface area contributed by atoms with Gasteiger partial charge in [-0.25, -0.2) is 9.48 Å². The number of amides is 3. The fraction of sp³-hybridized carbons (Fsp3) is 0.542.